The minimum absolute atomic E-state index is 0.283. The van der Waals surface area contributed by atoms with Crippen molar-refractivity contribution >= 4 is 11.8 Å². The number of hydrogen-bond acceptors (Lipinski definition) is 6. The van der Waals surface area contributed by atoms with E-state index < -0.39 is 0 Å². The molecule has 0 spiro atoms. The van der Waals surface area contributed by atoms with Gasteiger partial charge in [0.05, 0.1) is 0 Å². The predicted molar refractivity (Wildman–Crippen MR) is 85.3 cm³/mol. The number of rotatable bonds is 6. The summed E-state index contributed by atoms with van der Waals surface area (Å²) in [5.74, 6) is 2.93. The third-order valence-corrected chi connectivity index (χ3v) is 3.17. The van der Waals surface area contributed by atoms with E-state index in [4.69, 9.17) is 9.47 Å². The van der Waals surface area contributed by atoms with Gasteiger partial charge in [-0.2, -0.15) is 4.98 Å². The van der Waals surface area contributed by atoms with E-state index in [2.05, 4.69) is 27.2 Å². The lowest BCUT2D eigenvalue weighted by Gasteiger charge is -2.09. The molecule has 0 aliphatic carbocycles. The van der Waals surface area contributed by atoms with Gasteiger partial charge in [0.1, 0.15) is 5.82 Å². The Kier molecular flexibility index (Phi) is 4.09. The minimum atomic E-state index is 0.283. The van der Waals surface area contributed by atoms with Crippen LogP contribution in [0, 0.1) is 6.92 Å². The Hall–Kier alpha value is -2.76. The van der Waals surface area contributed by atoms with Crippen LogP contribution in [0.15, 0.2) is 36.9 Å². The molecule has 6 nitrogen and oxygen atoms in total. The third-order valence-electron chi connectivity index (χ3n) is 3.17. The summed E-state index contributed by atoms with van der Waals surface area (Å²) in [6.45, 7) is 7.18. The first kappa shape index (κ1) is 14.2. The summed E-state index contributed by atoms with van der Waals surface area (Å²) >= 11 is 0. The smallest absolute Gasteiger partial charge is 0.231 e. The van der Waals surface area contributed by atoms with Gasteiger partial charge in [-0.3, -0.25) is 0 Å². The van der Waals surface area contributed by atoms with Gasteiger partial charge in [0.25, 0.3) is 0 Å². The van der Waals surface area contributed by atoms with Crippen LogP contribution in [0.2, 0.25) is 0 Å². The first-order valence-electron chi connectivity index (χ1n) is 7.07. The van der Waals surface area contributed by atoms with Crippen LogP contribution in [0.25, 0.3) is 0 Å². The fourth-order valence-corrected chi connectivity index (χ4v) is 2.15. The molecule has 0 bridgehead atoms. The van der Waals surface area contributed by atoms with E-state index in [1.165, 1.54) is 0 Å². The second-order valence-electron chi connectivity index (χ2n) is 4.93. The molecule has 0 saturated heterocycles. The van der Waals surface area contributed by atoms with Gasteiger partial charge < -0.3 is 20.1 Å². The molecule has 1 aromatic heterocycles. The van der Waals surface area contributed by atoms with Crippen molar-refractivity contribution in [2.45, 2.75) is 13.5 Å². The van der Waals surface area contributed by atoms with E-state index in [1.54, 1.807) is 6.08 Å². The lowest BCUT2D eigenvalue weighted by atomic mass is 10.2. The highest BCUT2D eigenvalue weighted by Gasteiger charge is 2.13. The maximum absolute atomic E-state index is 5.37. The highest BCUT2D eigenvalue weighted by atomic mass is 16.7. The average molecular weight is 298 g/mol. The molecule has 1 aliphatic rings. The van der Waals surface area contributed by atoms with Crippen molar-refractivity contribution in [3.63, 3.8) is 0 Å². The van der Waals surface area contributed by atoms with Crippen molar-refractivity contribution in [3.05, 3.63) is 48.2 Å². The molecule has 1 aliphatic heterocycles. The third kappa shape index (κ3) is 3.28. The number of hydrogen-bond donors (Lipinski definition) is 2. The van der Waals surface area contributed by atoms with Crippen LogP contribution in [0.4, 0.5) is 11.8 Å². The maximum Gasteiger partial charge on any atom is 0.231 e. The second kappa shape index (κ2) is 6.34. The molecule has 2 heterocycles. The zero-order valence-corrected chi connectivity index (χ0v) is 12.4. The van der Waals surface area contributed by atoms with Crippen molar-refractivity contribution in [1.82, 2.24) is 9.97 Å². The van der Waals surface area contributed by atoms with Crippen molar-refractivity contribution < 1.29 is 9.47 Å². The molecule has 0 saturated carbocycles. The standard InChI is InChI=1S/C16H18N4O2/c1-3-6-17-15-7-11(2)19-16(20-15)18-9-12-4-5-13-14(8-12)22-10-21-13/h3-5,7-8H,1,6,9-10H2,2H3,(H2,17,18,19,20). The lowest BCUT2D eigenvalue weighted by Crippen LogP contribution is -2.08. The number of aromatic nitrogens is 2. The molecule has 22 heavy (non-hydrogen) atoms. The van der Waals surface area contributed by atoms with E-state index in [-0.39, 0.29) is 6.79 Å². The van der Waals surface area contributed by atoms with Crippen LogP contribution in [-0.2, 0) is 6.54 Å². The van der Waals surface area contributed by atoms with Gasteiger partial charge in [0.15, 0.2) is 11.5 Å². The number of aryl methyl sites for hydroxylation is 1. The molecular weight excluding hydrogens is 280 g/mol. The number of anilines is 2. The highest BCUT2D eigenvalue weighted by Crippen LogP contribution is 2.32. The lowest BCUT2D eigenvalue weighted by molar-refractivity contribution is 0.174. The van der Waals surface area contributed by atoms with Gasteiger partial charge in [0, 0.05) is 24.8 Å². The topological polar surface area (TPSA) is 68.3 Å². The predicted octanol–water partition coefficient (Wildman–Crippen LogP) is 2.72. The van der Waals surface area contributed by atoms with Crippen LogP contribution in [-0.4, -0.2) is 23.3 Å². The molecule has 114 valence electrons. The quantitative estimate of drug-likeness (QED) is 0.799. The SMILES string of the molecule is C=CCNc1cc(C)nc(NCc2ccc3c(c2)OCO3)n1. The number of nitrogens with zero attached hydrogens (tertiary/aromatic N) is 2. The van der Waals surface area contributed by atoms with Crippen molar-refractivity contribution in [2.24, 2.45) is 0 Å². The Bertz CT molecular complexity index is 688. The van der Waals surface area contributed by atoms with Crippen molar-refractivity contribution in [1.29, 1.82) is 0 Å². The largest absolute Gasteiger partial charge is 0.454 e. The molecular formula is C16H18N4O2. The summed E-state index contributed by atoms with van der Waals surface area (Å²) in [4.78, 5) is 8.81. The van der Waals surface area contributed by atoms with Gasteiger partial charge in [-0.1, -0.05) is 12.1 Å². The maximum atomic E-state index is 5.37. The molecule has 2 N–H and O–H groups in total. The molecule has 0 amide bonds. The number of benzene rings is 1. The van der Waals surface area contributed by atoms with Gasteiger partial charge in [-0.15, -0.1) is 6.58 Å². The van der Waals surface area contributed by atoms with E-state index >= 15 is 0 Å². The van der Waals surface area contributed by atoms with E-state index in [0.717, 1.165) is 28.6 Å². The summed E-state index contributed by atoms with van der Waals surface area (Å²) in [5, 5.41) is 6.39. The molecule has 0 radical (unpaired) electrons. The first-order valence-corrected chi connectivity index (χ1v) is 7.07. The normalized spacial score (nSPS) is 12.0. The van der Waals surface area contributed by atoms with Crippen molar-refractivity contribution in [3.8, 4) is 11.5 Å². The van der Waals surface area contributed by atoms with E-state index in [9.17, 15) is 0 Å². The van der Waals surface area contributed by atoms with Crippen LogP contribution in [0.3, 0.4) is 0 Å². The Labute approximate surface area is 129 Å². The summed E-state index contributed by atoms with van der Waals surface area (Å²) in [7, 11) is 0. The fourth-order valence-electron chi connectivity index (χ4n) is 2.15. The van der Waals surface area contributed by atoms with Crippen LogP contribution in [0.5, 0.6) is 11.5 Å². The van der Waals surface area contributed by atoms with Crippen LogP contribution in [0.1, 0.15) is 11.3 Å². The molecule has 6 heteroatoms. The van der Waals surface area contributed by atoms with Crippen molar-refractivity contribution in [2.75, 3.05) is 24.0 Å². The van der Waals surface area contributed by atoms with Gasteiger partial charge in [-0.25, -0.2) is 4.98 Å². The fraction of sp³-hybridized carbons (Fsp3) is 0.250. The van der Waals surface area contributed by atoms with Crippen LogP contribution >= 0.6 is 0 Å². The number of ether oxygens (including phenoxy) is 2. The average Bonchev–Trinajstić information content (AvgIpc) is 2.98. The Morgan fingerprint density at radius 3 is 2.91 bits per heavy atom. The Balaban J connectivity index is 1.68. The molecule has 0 atom stereocenters. The zero-order chi connectivity index (χ0) is 15.4. The molecule has 0 unspecified atom stereocenters. The molecule has 1 aromatic carbocycles. The molecule has 3 rings (SSSR count). The van der Waals surface area contributed by atoms with Gasteiger partial charge in [-0.05, 0) is 24.6 Å². The number of nitrogens with one attached hydrogen (secondary N) is 2. The number of fused-ring (bicyclic) bond motifs is 1. The summed E-state index contributed by atoms with van der Waals surface area (Å²) in [6.07, 6.45) is 1.79. The Morgan fingerprint density at radius 1 is 1.18 bits per heavy atom. The van der Waals surface area contributed by atoms with Crippen LogP contribution < -0.4 is 20.1 Å². The van der Waals surface area contributed by atoms with E-state index in [1.807, 2.05) is 31.2 Å². The first-order chi connectivity index (χ1) is 10.7. The minimum Gasteiger partial charge on any atom is -0.454 e. The van der Waals surface area contributed by atoms with E-state index in [0.29, 0.717) is 19.0 Å². The highest BCUT2D eigenvalue weighted by molar-refractivity contribution is 5.46. The summed E-state index contributed by atoms with van der Waals surface area (Å²) in [6, 6.07) is 7.76. The zero-order valence-electron chi connectivity index (χ0n) is 12.4. The van der Waals surface area contributed by atoms with Gasteiger partial charge in [0.2, 0.25) is 12.7 Å². The Morgan fingerprint density at radius 2 is 2.05 bits per heavy atom. The molecule has 0 fully saturated rings. The molecule has 2 aromatic rings. The second-order valence-corrected chi connectivity index (χ2v) is 4.93. The summed E-state index contributed by atoms with van der Waals surface area (Å²) in [5.41, 5.74) is 1.98. The summed E-state index contributed by atoms with van der Waals surface area (Å²) < 4.78 is 10.7. The monoisotopic (exact) mass is 298 g/mol. The van der Waals surface area contributed by atoms with Gasteiger partial charge >= 0.3 is 0 Å².